The summed E-state index contributed by atoms with van der Waals surface area (Å²) in [5, 5.41) is 0. The molecule has 6 heteroatoms. The molecule has 0 heterocycles. The second kappa shape index (κ2) is 42.3. The lowest BCUT2D eigenvalue weighted by molar-refractivity contribution is -0.167. The molecule has 0 bridgehead atoms. The minimum Gasteiger partial charge on any atom is -0.462 e. The highest BCUT2D eigenvalue weighted by Crippen LogP contribution is 2.12. The lowest BCUT2D eigenvalue weighted by atomic mass is 10.1. The lowest BCUT2D eigenvalue weighted by Crippen LogP contribution is -2.30. The van der Waals surface area contributed by atoms with Crippen molar-refractivity contribution in [3.05, 3.63) is 85.1 Å². The Balaban J connectivity index is 4.51. The number of ether oxygens (including phenoxy) is 3. The zero-order valence-electron chi connectivity index (χ0n) is 34.7. The van der Waals surface area contributed by atoms with Gasteiger partial charge in [0, 0.05) is 19.3 Å². The summed E-state index contributed by atoms with van der Waals surface area (Å²) in [6, 6.07) is 0. The number of unbranched alkanes of at least 4 members (excludes halogenated alkanes) is 14. The van der Waals surface area contributed by atoms with Gasteiger partial charge in [-0.15, -0.1) is 0 Å². The second-order valence-corrected chi connectivity index (χ2v) is 13.9. The summed E-state index contributed by atoms with van der Waals surface area (Å²) in [7, 11) is 0. The summed E-state index contributed by atoms with van der Waals surface area (Å²) in [5.74, 6) is -1.00. The molecule has 0 spiro atoms. The van der Waals surface area contributed by atoms with Crippen LogP contribution in [-0.2, 0) is 28.6 Å². The minimum absolute atomic E-state index is 0.108. The Morgan fingerprint density at radius 2 is 0.833 bits per heavy atom. The van der Waals surface area contributed by atoms with E-state index in [4.69, 9.17) is 14.2 Å². The van der Waals surface area contributed by atoms with Gasteiger partial charge in [-0.1, -0.05) is 157 Å². The molecule has 0 aliphatic carbocycles. The fourth-order valence-electron chi connectivity index (χ4n) is 5.46. The molecule has 1 unspecified atom stereocenters. The van der Waals surface area contributed by atoms with E-state index >= 15 is 0 Å². The molecule has 0 aromatic carbocycles. The molecule has 54 heavy (non-hydrogen) atoms. The Morgan fingerprint density at radius 3 is 1.43 bits per heavy atom. The van der Waals surface area contributed by atoms with Crippen molar-refractivity contribution in [3.8, 4) is 0 Å². The Kier molecular flexibility index (Phi) is 39.7. The topological polar surface area (TPSA) is 78.9 Å². The van der Waals surface area contributed by atoms with Crippen LogP contribution in [0, 0.1) is 0 Å². The third kappa shape index (κ3) is 39.8. The molecule has 0 radical (unpaired) electrons. The highest BCUT2D eigenvalue weighted by Gasteiger charge is 2.19. The van der Waals surface area contributed by atoms with E-state index in [2.05, 4.69) is 99.8 Å². The van der Waals surface area contributed by atoms with Crippen molar-refractivity contribution in [1.82, 2.24) is 0 Å². The average Bonchev–Trinajstić information content (AvgIpc) is 3.17. The lowest BCUT2D eigenvalue weighted by Gasteiger charge is -2.18. The maximum atomic E-state index is 12.7. The molecule has 0 fully saturated rings. The maximum absolute atomic E-state index is 12.7. The van der Waals surface area contributed by atoms with Crippen molar-refractivity contribution in [3.63, 3.8) is 0 Å². The van der Waals surface area contributed by atoms with Crippen LogP contribution in [0.25, 0.3) is 0 Å². The van der Waals surface area contributed by atoms with Gasteiger partial charge >= 0.3 is 17.9 Å². The molecular weight excluding hydrogens is 673 g/mol. The van der Waals surface area contributed by atoms with E-state index in [1.807, 2.05) is 6.08 Å². The van der Waals surface area contributed by atoms with Crippen LogP contribution in [0.3, 0.4) is 0 Å². The van der Waals surface area contributed by atoms with Gasteiger partial charge in [-0.2, -0.15) is 0 Å². The van der Waals surface area contributed by atoms with Crippen LogP contribution in [0.4, 0.5) is 0 Å². The molecule has 0 saturated heterocycles. The van der Waals surface area contributed by atoms with Crippen LogP contribution in [0.1, 0.15) is 181 Å². The van der Waals surface area contributed by atoms with E-state index in [1.54, 1.807) is 0 Å². The molecule has 306 valence electrons. The fraction of sp³-hybridized carbons (Fsp3) is 0.646. The van der Waals surface area contributed by atoms with E-state index in [0.717, 1.165) is 103 Å². The molecule has 0 aromatic heterocycles. The number of allylic oxidation sites excluding steroid dienone is 14. The van der Waals surface area contributed by atoms with Gasteiger partial charge in [-0.05, 0) is 89.9 Å². The number of hydrogen-bond acceptors (Lipinski definition) is 6. The van der Waals surface area contributed by atoms with Gasteiger partial charge in [0.1, 0.15) is 13.2 Å². The Morgan fingerprint density at radius 1 is 0.407 bits per heavy atom. The first-order valence-electron chi connectivity index (χ1n) is 21.6. The first kappa shape index (κ1) is 50.6. The fourth-order valence-corrected chi connectivity index (χ4v) is 5.46. The molecular formula is C48H78O6. The van der Waals surface area contributed by atoms with E-state index < -0.39 is 6.10 Å². The Labute approximate surface area is 331 Å². The van der Waals surface area contributed by atoms with Gasteiger partial charge in [0.2, 0.25) is 0 Å². The third-order valence-electron chi connectivity index (χ3n) is 8.68. The van der Waals surface area contributed by atoms with Crippen molar-refractivity contribution >= 4 is 17.9 Å². The number of esters is 3. The molecule has 0 saturated carbocycles. The smallest absolute Gasteiger partial charge is 0.306 e. The monoisotopic (exact) mass is 751 g/mol. The number of carbonyl (C=O) groups is 3. The molecule has 0 aliphatic heterocycles. The zero-order valence-corrected chi connectivity index (χ0v) is 34.7. The van der Waals surface area contributed by atoms with Gasteiger partial charge in [0.25, 0.3) is 0 Å². The van der Waals surface area contributed by atoms with Gasteiger partial charge < -0.3 is 14.2 Å². The SMILES string of the molecule is CC\C=C/C=C\C=C/CCCCCCCC(=O)OCC(COC(=O)CCC/C=C\C/C=C\C/C=C\CC)OC(=O)CCCCCCC/C=C\CCCCC. The van der Waals surface area contributed by atoms with Crippen LogP contribution in [0.5, 0.6) is 0 Å². The number of carbonyl (C=O) groups excluding carboxylic acids is 3. The second-order valence-electron chi connectivity index (χ2n) is 13.9. The molecule has 0 aliphatic rings. The summed E-state index contributed by atoms with van der Waals surface area (Å²) in [5.41, 5.74) is 0. The summed E-state index contributed by atoms with van der Waals surface area (Å²) in [4.78, 5) is 37.6. The molecule has 0 aromatic rings. The van der Waals surface area contributed by atoms with Crippen LogP contribution < -0.4 is 0 Å². The normalized spacial score (nSPS) is 12.9. The molecule has 0 N–H and O–H groups in total. The molecule has 1 atom stereocenters. The number of rotatable bonds is 37. The molecule has 0 rings (SSSR count). The van der Waals surface area contributed by atoms with Crippen LogP contribution >= 0.6 is 0 Å². The van der Waals surface area contributed by atoms with Crippen molar-refractivity contribution in [1.29, 1.82) is 0 Å². The van der Waals surface area contributed by atoms with Gasteiger partial charge in [-0.25, -0.2) is 0 Å². The van der Waals surface area contributed by atoms with Crippen molar-refractivity contribution in [2.24, 2.45) is 0 Å². The van der Waals surface area contributed by atoms with E-state index in [1.165, 1.54) is 32.1 Å². The van der Waals surface area contributed by atoms with Gasteiger partial charge in [-0.3, -0.25) is 14.4 Å². The van der Waals surface area contributed by atoms with E-state index in [9.17, 15) is 14.4 Å². The van der Waals surface area contributed by atoms with E-state index in [-0.39, 0.29) is 37.5 Å². The van der Waals surface area contributed by atoms with Crippen molar-refractivity contribution in [2.75, 3.05) is 13.2 Å². The van der Waals surface area contributed by atoms with Crippen LogP contribution in [0.2, 0.25) is 0 Å². The third-order valence-corrected chi connectivity index (χ3v) is 8.68. The largest absolute Gasteiger partial charge is 0.462 e. The zero-order chi connectivity index (χ0) is 39.4. The average molecular weight is 751 g/mol. The first-order chi connectivity index (χ1) is 26.5. The van der Waals surface area contributed by atoms with Gasteiger partial charge in [0.05, 0.1) is 0 Å². The highest BCUT2D eigenvalue weighted by molar-refractivity contribution is 5.71. The standard InChI is InChI=1S/C48H78O6/c1-4-7-10-13-16-19-22-24-27-29-32-35-38-41-47(50)53-44-45(43-52-46(49)40-37-34-31-28-25-21-18-15-12-9-6-3)54-48(51)42-39-36-33-30-26-23-20-17-14-11-8-5-2/h7,9-10,12-13,16-22,28,31,45H,4-6,8,11,14-15,23-27,29-30,32-44H2,1-3H3/b10-7-,12-9-,16-13-,20-17-,21-18-,22-19-,31-28-. The van der Waals surface area contributed by atoms with Crippen molar-refractivity contribution in [2.45, 2.75) is 187 Å². The van der Waals surface area contributed by atoms with Gasteiger partial charge in [0.15, 0.2) is 6.10 Å². The first-order valence-corrected chi connectivity index (χ1v) is 21.6. The van der Waals surface area contributed by atoms with E-state index in [0.29, 0.717) is 19.3 Å². The van der Waals surface area contributed by atoms with Crippen LogP contribution in [0.15, 0.2) is 85.1 Å². The van der Waals surface area contributed by atoms with Crippen LogP contribution in [-0.4, -0.2) is 37.2 Å². The quantitative estimate of drug-likeness (QED) is 0.0207. The predicted octanol–water partition coefficient (Wildman–Crippen LogP) is 13.7. The summed E-state index contributed by atoms with van der Waals surface area (Å²) in [6.45, 7) is 6.25. The minimum atomic E-state index is -0.807. The molecule has 0 amide bonds. The highest BCUT2D eigenvalue weighted by atomic mass is 16.6. The summed E-state index contributed by atoms with van der Waals surface area (Å²) in [6.07, 6.45) is 52.9. The predicted molar refractivity (Wildman–Crippen MR) is 228 cm³/mol. The number of hydrogen-bond donors (Lipinski definition) is 0. The summed E-state index contributed by atoms with van der Waals surface area (Å²) >= 11 is 0. The summed E-state index contributed by atoms with van der Waals surface area (Å²) < 4.78 is 16.6. The maximum Gasteiger partial charge on any atom is 0.306 e. The Hall–Kier alpha value is -3.41. The molecule has 6 nitrogen and oxygen atoms in total. The van der Waals surface area contributed by atoms with Crippen molar-refractivity contribution < 1.29 is 28.6 Å². The Bertz CT molecular complexity index is 1090.